The Kier molecular flexibility index (Phi) is 10.1. The van der Waals surface area contributed by atoms with Crippen molar-refractivity contribution < 1.29 is 24.2 Å². The predicted octanol–water partition coefficient (Wildman–Crippen LogP) is 4.50. The van der Waals surface area contributed by atoms with Crippen LogP contribution in [0.1, 0.15) is 62.2 Å². The lowest BCUT2D eigenvalue weighted by Crippen LogP contribution is -2.53. The number of unbranched alkanes of at least 4 members (excludes halogenated alkanes) is 2. The molecule has 0 saturated carbocycles. The van der Waals surface area contributed by atoms with E-state index in [1.54, 1.807) is 24.3 Å². The van der Waals surface area contributed by atoms with Crippen molar-refractivity contribution in [3.05, 3.63) is 58.5 Å². The highest BCUT2D eigenvalue weighted by Crippen LogP contribution is 2.34. The number of nitrogens with zero attached hydrogens (tertiary/aromatic N) is 1. The Bertz CT molecular complexity index is 987. The third-order valence-electron chi connectivity index (χ3n) is 7.49. The van der Waals surface area contributed by atoms with Crippen molar-refractivity contribution >= 4 is 23.3 Å². The summed E-state index contributed by atoms with van der Waals surface area (Å²) in [5, 5.41) is 15.2. The Balaban J connectivity index is 1.27. The van der Waals surface area contributed by atoms with Crippen molar-refractivity contribution in [2.75, 3.05) is 32.8 Å². The van der Waals surface area contributed by atoms with Gasteiger partial charge >= 0.3 is 0 Å². The highest BCUT2D eigenvalue weighted by molar-refractivity contribution is 6.30. The van der Waals surface area contributed by atoms with Gasteiger partial charge in [-0.3, -0.25) is 9.59 Å². The summed E-state index contributed by atoms with van der Waals surface area (Å²) in [4.78, 5) is 27.5. The van der Waals surface area contributed by atoms with E-state index in [9.17, 15) is 14.7 Å². The summed E-state index contributed by atoms with van der Waals surface area (Å²) >= 11 is 5.89. The van der Waals surface area contributed by atoms with Crippen molar-refractivity contribution in [1.82, 2.24) is 10.2 Å². The molecule has 2 unspecified atom stereocenters. The number of likely N-dealkylation sites (tertiary alicyclic amines) is 1. The summed E-state index contributed by atoms with van der Waals surface area (Å²) < 4.78 is 11.5. The zero-order valence-electron chi connectivity index (χ0n) is 21.7. The first-order chi connectivity index (χ1) is 17.9. The molecule has 2 N–H and O–H groups in total. The largest absolute Gasteiger partial charge is 0.486 e. The molecule has 8 heteroatoms. The molecule has 4 atom stereocenters. The van der Waals surface area contributed by atoms with Crippen molar-refractivity contribution in [1.29, 1.82) is 0 Å². The van der Waals surface area contributed by atoms with Gasteiger partial charge in [-0.15, -0.1) is 0 Å². The normalized spacial score (nSPS) is 23.1. The lowest BCUT2D eigenvalue weighted by molar-refractivity contribution is -0.123. The minimum Gasteiger partial charge on any atom is -0.486 e. The van der Waals surface area contributed by atoms with Crippen LogP contribution in [0.2, 0.25) is 5.02 Å². The fourth-order valence-corrected chi connectivity index (χ4v) is 5.48. The van der Waals surface area contributed by atoms with Crippen LogP contribution in [0.25, 0.3) is 0 Å². The number of fused-ring (bicyclic) bond motifs is 1. The van der Waals surface area contributed by atoms with Crippen molar-refractivity contribution in [2.45, 2.75) is 64.0 Å². The molecule has 0 spiro atoms. The number of hydrogen-bond acceptors (Lipinski definition) is 6. The molecule has 1 aromatic carbocycles. The fourth-order valence-electron chi connectivity index (χ4n) is 5.35. The molecule has 2 aliphatic heterocycles. The van der Waals surface area contributed by atoms with Gasteiger partial charge in [0.2, 0.25) is 5.91 Å². The number of carbonyl (C=O) groups is 2. The average molecular weight is 531 g/mol. The SMILES string of the molecule is CC1C=C2OCCOC2=CC1[C@@H](O)[C@@H](CN1CCCC1)NC(=O)CCCCCC(=O)c1ccc(Cl)cc1. The van der Waals surface area contributed by atoms with Crippen LogP contribution in [-0.4, -0.2) is 66.7 Å². The molecule has 7 nitrogen and oxygen atoms in total. The number of aliphatic hydroxyl groups excluding tert-OH is 1. The number of halogens is 1. The van der Waals surface area contributed by atoms with Gasteiger partial charge < -0.3 is 24.8 Å². The molecular formula is C29H39ClN2O5. The van der Waals surface area contributed by atoms with E-state index in [-0.39, 0.29) is 29.6 Å². The lowest BCUT2D eigenvalue weighted by atomic mass is 9.81. The van der Waals surface area contributed by atoms with Gasteiger partial charge in [-0.1, -0.05) is 24.9 Å². The Morgan fingerprint density at radius 3 is 2.38 bits per heavy atom. The number of ketones is 1. The second-order valence-corrected chi connectivity index (χ2v) is 10.8. The van der Waals surface area contributed by atoms with Gasteiger partial charge in [-0.2, -0.15) is 0 Å². The summed E-state index contributed by atoms with van der Waals surface area (Å²) in [6.07, 6.45) is 8.59. The van der Waals surface area contributed by atoms with Crippen LogP contribution >= 0.6 is 11.6 Å². The summed E-state index contributed by atoms with van der Waals surface area (Å²) in [5.74, 6) is 1.36. The molecule has 202 valence electrons. The second kappa shape index (κ2) is 13.4. The third-order valence-corrected chi connectivity index (χ3v) is 7.74. The van der Waals surface area contributed by atoms with E-state index in [0.29, 0.717) is 55.4 Å². The molecule has 2 fully saturated rings. The maximum atomic E-state index is 12.9. The number of aliphatic hydroxyl groups is 1. The first-order valence-electron chi connectivity index (χ1n) is 13.6. The monoisotopic (exact) mass is 530 g/mol. The highest BCUT2D eigenvalue weighted by atomic mass is 35.5. The number of nitrogens with one attached hydrogen (secondary N) is 1. The average Bonchev–Trinajstić information content (AvgIpc) is 3.41. The Labute approximate surface area is 224 Å². The zero-order valence-corrected chi connectivity index (χ0v) is 22.4. The smallest absolute Gasteiger partial charge is 0.220 e. The molecule has 3 aliphatic rings. The standard InChI is InChI=1S/C29H39ClN2O5/c1-20-17-26-27(37-16-15-36-26)18-23(20)29(35)24(19-32-13-5-6-14-32)31-28(34)8-4-2-3-7-25(33)21-9-11-22(30)12-10-21/h9-12,17-18,20,23-24,29,35H,2-8,13-16,19H2,1H3,(H,31,34)/t20?,23?,24-,29-/m1/s1. The van der Waals surface area contributed by atoms with Crippen LogP contribution in [0.5, 0.6) is 0 Å². The number of benzene rings is 1. The first kappa shape index (κ1) is 27.7. The third kappa shape index (κ3) is 7.82. The molecule has 2 saturated heterocycles. The quantitative estimate of drug-likeness (QED) is 0.306. The van der Waals surface area contributed by atoms with Crippen molar-refractivity contribution in [3.8, 4) is 0 Å². The number of Topliss-reactive ketones (excluding diaryl/α,β-unsaturated/α-hetero) is 1. The van der Waals surface area contributed by atoms with Crippen LogP contribution in [0.3, 0.4) is 0 Å². The van der Waals surface area contributed by atoms with Gasteiger partial charge in [0.1, 0.15) is 13.2 Å². The van der Waals surface area contributed by atoms with Gasteiger partial charge in [0, 0.05) is 35.9 Å². The Morgan fingerprint density at radius 2 is 1.68 bits per heavy atom. The van der Waals surface area contributed by atoms with Gasteiger partial charge in [0.25, 0.3) is 0 Å². The van der Waals surface area contributed by atoms with E-state index in [2.05, 4.69) is 17.1 Å². The topological polar surface area (TPSA) is 88.1 Å². The van der Waals surface area contributed by atoms with Crippen LogP contribution in [0.4, 0.5) is 0 Å². The molecule has 2 heterocycles. The number of amides is 1. The van der Waals surface area contributed by atoms with Gasteiger partial charge in [0.05, 0.1) is 12.1 Å². The van der Waals surface area contributed by atoms with E-state index < -0.39 is 6.10 Å². The summed E-state index contributed by atoms with van der Waals surface area (Å²) in [5.41, 5.74) is 0.667. The first-order valence-corrected chi connectivity index (χ1v) is 14.0. The van der Waals surface area contributed by atoms with E-state index in [4.69, 9.17) is 21.1 Å². The minimum atomic E-state index is -0.743. The van der Waals surface area contributed by atoms with Crippen LogP contribution in [0, 0.1) is 11.8 Å². The van der Waals surface area contributed by atoms with Crippen LogP contribution in [0.15, 0.2) is 47.9 Å². The molecule has 1 aliphatic carbocycles. The Morgan fingerprint density at radius 1 is 1.03 bits per heavy atom. The van der Waals surface area contributed by atoms with Gasteiger partial charge in [0.15, 0.2) is 17.3 Å². The molecule has 1 aromatic rings. The number of hydrogen-bond donors (Lipinski definition) is 2. The molecule has 1 amide bonds. The maximum absolute atomic E-state index is 12.9. The van der Waals surface area contributed by atoms with Gasteiger partial charge in [-0.25, -0.2) is 0 Å². The highest BCUT2D eigenvalue weighted by Gasteiger charge is 2.36. The summed E-state index contributed by atoms with van der Waals surface area (Å²) in [6, 6.07) is 6.57. The summed E-state index contributed by atoms with van der Waals surface area (Å²) in [7, 11) is 0. The lowest BCUT2D eigenvalue weighted by Gasteiger charge is -2.36. The van der Waals surface area contributed by atoms with Crippen LogP contribution < -0.4 is 5.32 Å². The van der Waals surface area contributed by atoms with Crippen LogP contribution in [-0.2, 0) is 14.3 Å². The fraction of sp³-hybridized carbons (Fsp3) is 0.586. The molecular weight excluding hydrogens is 492 g/mol. The maximum Gasteiger partial charge on any atom is 0.220 e. The number of carbonyl (C=O) groups excluding carboxylic acids is 2. The summed E-state index contributed by atoms with van der Waals surface area (Å²) in [6.45, 7) is 5.70. The van der Waals surface area contributed by atoms with E-state index >= 15 is 0 Å². The predicted molar refractivity (Wildman–Crippen MR) is 143 cm³/mol. The zero-order chi connectivity index (χ0) is 26.2. The van der Waals surface area contributed by atoms with Crippen molar-refractivity contribution in [2.24, 2.45) is 11.8 Å². The minimum absolute atomic E-state index is 0.0585. The number of rotatable bonds is 12. The molecule has 0 bridgehead atoms. The van der Waals surface area contributed by atoms with E-state index in [1.807, 2.05) is 12.2 Å². The van der Waals surface area contributed by atoms with Crippen molar-refractivity contribution in [3.63, 3.8) is 0 Å². The molecule has 37 heavy (non-hydrogen) atoms. The molecule has 0 radical (unpaired) electrons. The number of allylic oxidation sites excluding steroid dienone is 1. The van der Waals surface area contributed by atoms with E-state index in [0.717, 1.165) is 44.5 Å². The second-order valence-electron chi connectivity index (χ2n) is 10.4. The molecule has 0 aromatic heterocycles. The van der Waals surface area contributed by atoms with Gasteiger partial charge in [-0.05, 0) is 81.1 Å². The number of ether oxygens (including phenoxy) is 2. The van der Waals surface area contributed by atoms with E-state index in [1.165, 1.54) is 0 Å². The Hall–Kier alpha value is -2.35. The molecule has 4 rings (SSSR count).